The molecule has 0 amide bonds. The van der Waals surface area contributed by atoms with Crippen molar-refractivity contribution in [2.24, 2.45) is 0 Å². The zero-order valence-electron chi connectivity index (χ0n) is 12.4. The second kappa shape index (κ2) is 7.75. The number of benzene rings is 1. The smallest absolute Gasteiger partial charge is 0.157 e. The number of aliphatic hydroxyl groups is 4. The molecule has 2 rings (SSSR count). The first-order valence-electron chi connectivity index (χ1n) is 7.36. The van der Waals surface area contributed by atoms with Gasteiger partial charge in [-0.25, -0.2) is 0 Å². The highest BCUT2D eigenvalue weighted by atomic mass is 16.6. The molecular formula is C15H23NO6. The highest BCUT2D eigenvalue weighted by Crippen LogP contribution is 2.24. The maximum atomic E-state index is 9.95. The number of hydrogen-bond donors (Lipinski definition) is 5. The van der Waals surface area contributed by atoms with Gasteiger partial charge in [-0.05, 0) is 30.7 Å². The van der Waals surface area contributed by atoms with Gasteiger partial charge in [0.2, 0.25) is 0 Å². The Morgan fingerprint density at radius 1 is 1.09 bits per heavy atom. The first-order chi connectivity index (χ1) is 10.6. The Kier molecular flexibility index (Phi) is 5.98. The highest BCUT2D eigenvalue weighted by Gasteiger charge is 2.43. The Labute approximate surface area is 129 Å². The van der Waals surface area contributed by atoms with Crippen LogP contribution in [0.3, 0.4) is 0 Å². The van der Waals surface area contributed by atoms with E-state index in [1.54, 1.807) is 24.3 Å². The molecule has 0 radical (unpaired) electrons. The van der Waals surface area contributed by atoms with Crippen molar-refractivity contribution in [1.29, 1.82) is 0 Å². The van der Waals surface area contributed by atoms with Crippen LogP contribution in [-0.2, 0) is 4.74 Å². The fraction of sp³-hybridized carbons (Fsp3) is 0.600. The summed E-state index contributed by atoms with van der Waals surface area (Å²) in [5.41, 5.74) is 0.660. The molecule has 5 N–H and O–H groups in total. The van der Waals surface area contributed by atoms with Crippen LogP contribution in [0.15, 0.2) is 24.3 Å². The zero-order valence-corrected chi connectivity index (χ0v) is 12.4. The Morgan fingerprint density at radius 3 is 2.36 bits per heavy atom. The Balaban J connectivity index is 1.99. The summed E-state index contributed by atoms with van der Waals surface area (Å²) in [7, 11) is 0. The van der Waals surface area contributed by atoms with Crippen LogP contribution in [0.4, 0.5) is 5.69 Å². The minimum Gasteiger partial charge on any atom is -0.494 e. The van der Waals surface area contributed by atoms with Crippen LogP contribution in [0.5, 0.6) is 5.75 Å². The Morgan fingerprint density at radius 2 is 1.77 bits per heavy atom. The normalized spacial score (nSPS) is 31.8. The maximum Gasteiger partial charge on any atom is 0.157 e. The molecule has 22 heavy (non-hydrogen) atoms. The molecule has 124 valence electrons. The van der Waals surface area contributed by atoms with Gasteiger partial charge in [-0.2, -0.15) is 0 Å². The van der Waals surface area contributed by atoms with Crippen LogP contribution in [0.2, 0.25) is 0 Å². The summed E-state index contributed by atoms with van der Waals surface area (Å²) in [4.78, 5) is 0. The predicted molar refractivity (Wildman–Crippen MR) is 79.6 cm³/mol. The van der Waals surface area contributed by atoms with Crippen LogP contribution in [-0.4, -0.2) is 64.3 Å². The number of hydrogen-bond acceptors (Lipinski definition) is 7. The van der Waals surface area contributed by atoms with Crippen LogP contribution in [0.1, 0.15) is 13.3 Å². The summed E-state index contributed by atoms with van der Waals surface area (Å²) in [6.45, 7) is 2.21. The van der Waals surface area contributed by atoms with Crippen molar-refractivity contribution in [1.82, 2.24) is 0 Å². The third-order valence-electron chi connectivity index (χ3n) is 3.53. The molecule has 1 fully saturated rings. The van der Waals surface area contributed by atoms with Crippen molar-refractivity contribution in [2.75, 3.05) is 18.5 Å². The molecule has 5 unspecified atom stereocenters. The second-order valence-corrected chi connectivity index (χ2v) is 5.27. The number of nitrogens with one attached hydrogen (secondary N) is 1. The van der Waals surface area contributed by atoms with Crippen molar-refractivity contribution in [3.8, 4) is 5.75 Å². The van der Waals surface area contributed by atoms with Gasteiger partial charge >= 0.3 is 0 Å². The summed E-state index contributed by atoms with van der Waals surface area (Å²) in [5, 5.41) is 41.5. The lowest BCUT2D eigenvalue weighted by Crippen LogP contribution is -2.60. The van der Waals surface area contributed by atoms with E-state index in [0.29, 0.717) is 12.3 Å². The van der Waals surface area contributed by atoms with E-state index >= 15 is 0 Å². The van der Waals surface area contributed by atoms with Gasteiger partial charge in [0.15, 0.2) is 6.23 Å². The van der Waals surface area contributed by atoms with Crippen molar-refractivity contribution in [2.45, 2.75) is 44.0 Å². The fourth-order valence-electron chi connectivity index (χ4n) is 2.25. The van der Waals surface area contributed by atoms with E-state index in [-0.39, 0.29) is 0 Å². The standard InChI is InChI=1S/C15H23NO6/c1-2-7-21-10-5-3-9(4-6-10)16-15-14(20)13(19)12(18)11(8-17)22-15/h3-6,11-20H,2,7-8H2,1H3. The molecule has 0 spiro atoms. The molecule has 1 aromatic rings. The second-order valence-electron chi connectivity index (χ2n) is 5.27. The molecule has 1 aromatic carbocycles. The molecule has 1 aliphatic heterocycles. The van der Waals surface area contributed by atoms with Crippen molar-refractivity contribution < 1.29 is 29.9 Å². The Hall–Kier alpha value is -1.38. The van der Waals surface area contributed by atoms with Crippen molar-refractivity contribution >= 4 is 5.69 Å². The quantitative estimate of drug-likeness (QED) is 0.490. The molecule has 7 heteroatoms. The first kappa shape index (κ1) is 17.0. The fourth-order valence-corrected chi connectivity index (χ4v) is 2.25. The SMILES string of the molecule is CCCOc1ccc(NC2OC(CO)C(O)C(O)C2O)cc1. The maximum absolute atomic E-state index is 9.95. The lowest BCUT2D eigenvalue weighted by Gasteiger charge is -2.40. The van der Waals surface area contributed by atoms with E-state index in [1.807, 2.05) is 6.92 Å². The average Bonchev–Trinajstić information content (AvgIpc) is 2.54. The summed E-state index contributed by atoms with van der Waals surface area (Å²) < 4.78 is 10.8. The summed E-state index contributed by atoms with van der Waals surface area (Å²) in [5.74, 6) is 0.737. The molecule has 1 saturated heterocycles. The average molecular weight is 313 g/mol. The lowest BCUT2D eigenvalue weighted by atomic mass is 9.98. The predicted octanol–water partition coefficient (Wildman–Crippen LogP) is -0.313. The third kappa shape index (κ3) is 3.88. The lowest BCUT2D eigenvalue weighted by molar-refractivity contribution is -0.221. The van der Waals surface area contributed by atoms with E-state index in [4.69, 9.17) is 14.6 Å². The molecule has 5 atom stereocenters. The van der Waals surface area contributed by atoms with Gasteiger partial charge in [-0.15, -0.1) is 0 Å². The molecule has 1 aliphatic rings. The topological polar surface area (TPSA) is 111 Å². The van der Waals surface area contributed by atoms with E-state index in [9.17, 15) is 15.3 Å². The number of rotatable bonds is 6. The monoisotopic (exact) mass is 313 g/mol. The van der Waals surface area contributed by atoms with Gasteiger partial charge < -0.3 is 35.2 Å². The van der Waals surface area contributed by atoms with Crippen LogP contribution in [0, 0.1) is 0 Å². The molecule has 1 heterocycles. The van der Waals surface area contributed by atoms with E-state index in [2.05, 4.69) is 5.32 Å². The van der Waals surface area contributed by atoms with Gasteiger partial charge in [0.05, 0.1) is 13.2 Å². The van der Waals surface area contributed by atoms with Crippen LogP contribution in [0.25, 0.3) is 0 Å². The van der Waals surface area contributed by atoms with E-state index in [1.165, 1.54) is 0 Å². The van der Waals surface area contributed by atoms with Gasteiger partial charge in [0.25, 0.3) is 0 Å². The van der Waals surface area contributed by atoms with Crippen LogP contribution >= 0.6 is 0 Å². The van der Waals surface area contributed by atoms with Gasteiger partial charge in [0.1, 0.15) is 30.2 Å². The zero-order chi connectivity index (χ0) is 16.1. The van der Waals surface area contributed by atoms with Gasteiger partial charge in [-0.3, -0.25) is 0 Å². The molecule has 0 aliphatic carbocycles. The molecule has 0 bridgehead atoms. The van der Waals surface area contributed by atoms with Gasteiger partial charge in [0, 0.05) is 5.69 Å². The molecule has 7 nitrogen and oxygen atoms in total. The number of aliphatic hydroxyl groups excluding tert-OH is 4. The molecule has 0 saturated carbocycles. The summed E-state index contributed by atoms with van der Waals surface area (Å²) in [6.07, 6.45) is -5.00. The van der Waals surface area contributed by atoms with Crippen LogP contribution < -0.4 is 10.1 Å². The minimum absolute atomic E-state index is 0.451. The molecule has 0 aromatic heterocycles. The first-order valence-corrected chi connectivity index (χ1v) is 7.36. The van der Waals surface area contributed by atoms with Gasteiger partial charge in [-0.1, -0.05) is 6.92 Å². The van der Waals surface area contributed by atoms with Crippen molar-refractivity contribution in [3.63, 3.8) is 0 Å². The molecular weight excluding hydrogens is 290 g/mol. The van der Waals surface area contributed by atoms with Crippen molar-refractivity contribution in [3.05, 3.63) is 24.3 Å². The van der Waals surface area contributed by atoms with E-state index < -0.39 is 37.3 Å². The number of ether oxygens (including phenoxy) is 2. The summed E-state index contributed by atoms with van der Waals surface area (Å²) in [6, 6.07) is 7.07. The third-order valence-corrected chi connectivity index (χ3v) is 3.53. The number of anilines is 1. The minimum atomic E-state index is -1.39. The van der Waals surface area contributed by atoms with E-state index in [0.717, 1.165) is 12.2 Å². The highest BCUT2D eigenvalue weighted by molar-refractivity contribution is 5.47. The Bertz CT molecular complexity index is 452. The largest absolute Gasteiger partial charge is 0.494 e. The summed E-state index contributed by atoms with van der Waals surface area (Å²) >= 11 is 0.